The number of aryl methyl sites for hydroxylation is 2. The van der Waals surface area contributed by atoms with Gasteiger partial charge < -0.3 is 14.8 Å². The quantitative estimate of drug-likeness (QED) is 0.746. The van der Waals surface area contributed by atoms with Gasteiger partial charge in [-0.15, -0.1) is 0 Å². The van der Waals surface area contributed by atoms with Crippen LogP contribution in [0.1, 0.15) is 21.7 Å². The van der Waals surface area contributed by atoms with Crippen LogP contribution in [0.4, 0.5) is 5.69 Å². The number of hydrogen-bond acceptors (Lipinski definition) is 6. The molecule has 140 valence electrons. The van der Waals surface area contributed by atoms with E-state index in [9.17, 15) is 4.79 Å². The topological polar surface area (TPSA) is 91.2 Å². The first-order valence-electron chi connectivity index (χ1n) is 8.32. The van der Waals surface area contributed by atoms with E-state index in [0.717, 1.165) is 22.6 Å². The Morgan fingerprint density at radius 2 is 1.89 bits per heavy atom. The zero-order valence-corrected chi connectivity index (χ0v) is 15.9. The Hall–Kier alpha value is -3.42. The number of rotatable bonds is 5. The summed E-state index contributed by atoms with van der Waals surface area (Å²) in [5.74, 6) is 0.164. The summed E-state index contributed by atoms with van der Waals surface area (Å²) in [5, 5.41) is 7.25. The zero-order valence-electron chi connectivity index (χ0n) is 15.9. The fraction of sp³-hybridized carbons (Fsp3) is 0.263. The SMILES string of the molecule is COc1cc(-c2cccc(C(=O)Nc3c(C)nn(C)c3C)c2)nc(OC)n1. The van der Waals surface area contributed by atoms with Gasteiger partial charge in [0.1, 0.15) is 0 Å². The Labute approximate surface area is 157 Å². The van der Waals surface area contributed by atoms with Crippen LogP contribution in [0.3, 0.4) is 0 Å². The number of aromatic nitrogens is 4. The summed E-state index contributed by atoms with van der Waals surface area (Å²) in [6, 6.07) is 9.05. The van der Waals surface area contributed by atoms with E-state index in [1.165, 1.54) is 14.2 Å². The number of amides is 1. The largest absolute Gasteiger partial charge is 0.481 e. The van der Waals surface area contributed by atoms with Gasteiger partial charge in [-0.3, -0.25) is 9.48 Å². The number of nitrogens with zero attached hydrogens (tertiary/aromatic N) is 4. The highest BCUT2D eigenvalue weighted by Crippen LogP contribution is 2.25. The molecule has 1 amide bonds. The Morgan fingerprint density at radius 3 is 2.52 bits per heavy atom. The van der Waals surface area contributed by atoms with E-state index in [0.29, 0.717) is 17.1 Å². The molecule has 27 heavy (non-hydrogen) atoms. The van der Waals surface area contributed by atoms with Crippen LogP contribution in [0.5, 0.6) is 11.9 Å². The van der Waals surface area contributed by atoms with Crippen molar-refractivity contribution in [2.45, 2.75) is 13.8 Å². The molecule has 3 aromatic rings. The van der Waals surface area contributed by atoms with Crippen LogP contribution < -0.4 is 14.8 Å². The summed E-state index contributed by atoms with van der Waals surface area (Å²) in [6.45, 7) is 3.77. The minimum atomic E-state index is -0.218. The number of carbonyl (C=O) groups excluding carboxylic acids is 1. The van der Waals surface area contributed by atoms with Crippen LogP contribution in [0.15, 0.2) is 30.3 Å². The summed E-state index contributed by atoms with van der Waals surface area (Å²) in [6.07, 6.45) is 0. The molecule has 2 heterocycles. The molecular formula is C19H21N5O3. The van der Waals surface area contributed by atoms with Gasteiger partial charge in [-0.25, -0.2) is 0 Å². The van der Waals surface area contributed by atoms with E-state index in [2.05, 4.69) is 20.4 Å². The maximum Gasteiger partial charge on any atom is 0.320 e. The van der Waals surface area contributed by atoms with Crippen LogP contribution in [-0.4, -0.2) is 39.9 Å². The lowest BCUT2D eigenvalue weighted by Crippen LogP contribution is -2.13. The lowest BCUT2D eigenvalue weighted by Gasteiger charge is -2.09. The average Bonchev–Trinajstić information content (AvgIpc) is 2.93. The number of benzene rings is 1. The van der Waals surface area contributed by atoms with Gasteiger partial charge in [-0.2, -0.15) is 15.1 Å². The molecule has 0 spiro atoms. The molecule has 2 aromatic heterocycles. The summed E-state index contributed by atoms with van der Waals surface area (Å²) in [5.41, 5.74) is 4.24. The number of ether oxygens (including phenoxy) is 2. The van der Waals surface area contributed by atoms with E-state index in [1.807, 2.05) is 27.0 Å². The molecule has 0 aliphatic carbocycles. The minimum Gasteiger partial charge on any atom is -0.481 e. The molecular weight excluding hydrogens is 346 g/mol. The van der Waals surface area contributed by atoms with Crippen molar-refractivity contribution in [3.05, 3.63) is 47.3 Å². The number of hydrogen-bond donors (Lipinski definition) is 1. The highest BCUT2D eigenvalue weighted by atomic mass is 16.5. The number of nitrogens with one attached hydrogen (secondary N) is 1. The van der Waals surface area contributed by atoms with Crippen LogP contribution in [-0.2, 0) is 7.05 Å². The Balaban J connectivity index is 1.93. The first-order chi connectivity index (χ1) is 12.9. The van der Waals surface area contributed by atoms with Gasteiger partial charge in [0.2, 0.25) is 5.88 Å². The minimum absolute atomic E-state index is 0.195. The van der Waals surface area contributed by atoms with E-state index in [1.54, 1.807) is 28.9 Å². The van der Waals surface area contributed by atoms with Crippen molar-refractivity contribution in [2.75, 3.05) is 19.5 Å². The third-order valence-corrected chi connectivity index (χ3v) is 4.24. The number of anilines is 1. The van der Waals surface area contributed by atoms with E-state index in [-0.39, 0.29) is 11.9 Å². The molecule has 0 aliphatic rings. The van der Waals surface area contributed by atoms with E-state index >= 15 is 0 Å². The van der Waals surface area contributed by atoms with Crippen molar-refractivity contribution in [2.24, 2.45) is 7.05 Å². The van der Waals surface area contributed by atoms with Crippen molar-refractivity contribution >= 4 is 11.6 Å². The molecule has 0 radical (unpaired) electrons. The van der Waals surface area contributed by atoms with Gasteiger partial charge in [0.25, 0.3) is 5.91 Å². The standard InChI is InChI=1S/C19H21N5O3/c1-11-17(12(2)24(3)23-11)22-18(25)14-8-6-7-13(9-14)15-10-16(26-4)21-19(20-15)27-5/h6-10H,1-5H3,(H,22,25). The van der Waals surface area contributed by atoms with Crippen molar-refractivity contribution in [3.63, 3.8) is 0 Å². The molecule has 1 aromatic carbocycles. The van der Waals surface area contributed by atoms with Crippen molar-refractivity contribution in [3.8, 4) is 23.1 Å². The van der Waals surface area contributed by atoms with Gasteiger partial charge in [0.15, 0.2) is 0 Å². The van der Waals surface area contributed by atoms with Gasteiger partial charge in [0.05, 0.1) is 37.0 Å². The number of methoxy groups -OCH3 is 2. The highest BCUT2D eigenvalue weighted by molar-refractivity contribution is 6.05. The summed E-state index contributed by atoms with van der Waals surface area (Å²) in [7, 11) is 4.85. The van der Waals surface area contributed by atoms with Gasteiger partial charge in [-0.1, -0.05) is 12.1 Å². The summed E-state index contributed by atoms with van der Waals surface area (Å²) < 4.78 is 12.0. The van der Waals surface area contributed by atoms with Gasteiger partial charge >= 0.3 is 6.01 Å². The van der Waals surface area contributed by atoms with Crippen LogP contribution in [0.2, 0.25) is 0 Å². The lowest BCUT2D eigenvalue weighted by molar-refractivity contribution is 0.102. The number of carbonyl (C=O) groups is 1. The van der Waals surface area contributed by atoms with E-state index < -0.39 is 0 Å². The molecule has 8 heteroatoms. The molecule has 0 fully saturated rings. The van der Waals surface area contributed by atoms with Crippen molar-refractivity contribution < 1.29 is 14.3 Å². The molecule has 0 bridgehead atoms. The molecule has 0 saturated carbocycles. The lowest BCUT2D eigenvalue weighted by atomic mass is 10.1. The van der Waals surface area contributed by atoms with Gasteiger partial charge in [-0.05, 0) is 26.0 Å². The Morgan fingerprint density at radius 1 is 1.11 bits per heavy atom. The Bertz CT molecular complexity index is 975. The zero-order chi connectivity index (χ0) is 19.6. The van der Waals surface area contributed by atoms with Crippen molar-refractivity contribution in [1.29, 1.82) is 0 Å². The molecule has 1 N–H and O–H groups in total. The normalized spacial score (nSPS) is 10.6. The summed E-state index contributed by atoms with van der Waals surface area (Å²) in [4.78, 5) is 21.1. The molecule has 0 unspecified atom stereocenters. The van der Waals surface area contributed by atoms with Crippen LogP contribution in [0, 0.1) is 13.8 Å². The third kappa shape index (κ3) is 3.74. The molecule has 8 nitrogen and oxygen atoms in total. The maximum atomic E-state index is 12.7. The van der Waals surface area contributed by atoms with Gasteiger partial charge in [0, 0.05) is 24.2 Å². The molecule has 0 aliphatic heterocycles. The molecule has 3 rings (SSSR count). The van der Waals surface area contributed by atoms with Crippen LogP contribution >= 0.6 is 0 Å². The smallest absolute Gasteiger partial charge is 0.320 e. The fourth-order valence-electron chi connectivity index (χ4n) is 2.71. The second-order valence-corrected chi connectivity index (χ2v) is 5.99. The predicted octanol–water partition coefficient (Wildman–Crippen LogP) is 2.76. The summed E-state index contributed by atoms with van der Waals surface area (Å²) >= 11 is 0. The first-order valence-corrected chi connectivity index (χ1v) is 8.32. The van der Waals surface area contributed by atoms with Crippen LogP contribution in [0.25, 0.3) is 11.3 Å². The third-order valence-electron chi connectivity index (χ3n) is 4.24. The highest BCUT2D eigenvalue weighted by Gasteiger charge is 2.15. The molecule has 0 saturated heterocycles. The fourth-order valence-corrected chi connectivity index (χ4v) is 2.71. The van der Waals surface area contributed by atoms with E-state index in [4.69, 9.17) is 9.47 Å². The first kappa shape index (κ1) is 18.4. The average molecular weight is 367 g/mol. The maximum absolute atomic E-state index is 12.7. The Kier molecular flexibility index (Phi) is 5.07. The monoisotopic (exact) mass is 367 g/mol. The second-order valence-electron chi connectivity index (χ2n) is 5.99. The second kappa shape index (κ2) is 7.45. The molecule has 0 atom stereocenters. The van der Waals surface area contributed by atoms with Crippen molar-refractivity contribution in [1.82, 2.24) is 19.7 Å². The predicted molar refractivity (Wildman–Crippen MR) is 101 cm³/mol.